The molecule has 1 aromatic rings. The Bertz CT molecular complexity index is 530. The number of aromatic nitrogens is 3. The number of carbonyl (C=O) groups excluding carboxylic acids is 2. The Morgan fingerprint density at radius 3 is 2.74 bits per heavy atom. The quantitative estimate of drug-likeness (QED) is 0.587. The maximum atomic E-state index is 12.1. The molecule has 0 saturated carbocycles. The lowest BCUT2D eigenvalue weighted by Gasteiger charge is -2.14. The lowest BCUT2D eigenvalue weighted by Crippen LogP contribution is -2.33. The number of carbonyl (C=O) groups is 2. The van der Waals surface area contributed by atoms with Crippen molar-refractivity contribution in [1.29, 1.82) is 0 Å². The Morgan fingerprint density at radius 1 is 1.42 bits per heavy atom. The van der Waals surface area contributed by atoms with Crippen LogP contribution in [0.3, 0.4) is 0 Å². The summed E-state index contributed by atoms with van der Waals surface area (Å²) in [5, 5.41) is 7.99. The molecule has 2 rings (SSSR count). The third-order valence-electron chi connectivity index (χ3n) is 2.82. The zero-order valence-corrected chi connectivity index (χ0v) is 11.3. The minimum absolute atomic E-state index is 0.128. The number of hydrogen-bond acceptors (Lipinski definition) is 4. The molecular weight excluding hydrogens is 246 g/mol. The Hall–Kier alpha value is -2.18. The molecule has 0 atom stereocenters. The number of amides is 3. The fraction of sp³-hybridized carbons (Fsp3) is 0.500. The zero-order valence-electron chi connectivity index (χ0n) is 11.3. The number of imide groups is 1. The number of nitrogens with zero attached hydrogens (tertiary/aromatic N) is 5. The average molecular weight is 263 g/mol. The molecule has 0 aromatic carbocycles. The molecule has 1 aromatic heterocycles. The van der Waals surface area contributed by atoms with Gasteiger partial charge in [0, 0.05) is 13.6 Å². The highest BCUT2D eigenvalue weighted by Crippen LogP contribution is 2.13. The van der Waals surface area contributed by atoms with E-state index in [4.69, 9.17) is 0 Å². The number of aryl methyl sites for hydroxylation is 1. The van der Waals surface area contributed by atoms with Crippen LogP contribution in [0, 0.1) is 0 Å². The van der Waals surface area contributed by atoms with Gasteiger partial charge in [0.1, 0.15) is 12.2 Å². The summed E-state index contributed by atoms with van der Waals surface area (Å²) in [6, 6.07) is -0.270. The highest BCUT2D eigenvalue weighted by atomic mass is 16.2. The second kappa shape index (κ2) is 5.21. The van der Waals surface area contributed by atoms with Crippen LogP contribution in [0.1, 0.15) is 19.5 Å². The van der Waals surface area contributed by atoms with Gasteiger partial charge in [-0.05, 0) is 13.8 Å². The standard InChI is InChI=1S/C12H17N5O2/c1-9(2)4-5-16-8-11(18)17(12(16)19)7-10-6-13-15(3)14-10/h4,6H,5,7-8H2,1-3H3. The Labute approximate surface area is 111 Å². The van der Waals surface area contributed by atoms with Gasteiger partial charge in [-0.1, -0.05) is 11.6 Å². The Balaban J connectivity index is 2.04. The lowest BCUT2D eigenvalue weighted by molar-refractivity contribution is -0.125. The first-order chi connectivity index (χ1) is 8.97. The summed E-state index contributed by atoms with van der Waals surface area (Å²) in [7, 11) is 1.69. The molecule has 0 spiro atoms. The number of rotatable bonds is 4. The van der Waals surface area contributed by atoms with E-state index < -0.39 is 0 Å². The van der Waals surface area contributed by atoms with E-state index in [-0.39, 0.29) is 25.0 Å². The molecule has 2 heterocycles. The molecule has 0 N–H and O–H groups in total. The molecule has 1 aliphatic heterocycles. The summed E-state index contributed by atoms with van der Waals surface area (Å²) in [4.78, 5) is 28.1. The van der Waals surface area contributed by atoms with Gasteiger partial charge in [0.15, 0.2) is 0 Å². The fourth-order valence-electron chi connectivity index (χ4n) is 1.81. The van der Waals surface area contributed by atoms with Gasteiger partial charge < -0.3 is 4.90 Å². The normalized spacial score (nSPS) is 15.3. The van der Waals surface area contributed by atoms with Crippen LogP contribution in [-0.4, -0.2) is 49.8 Å². The number of allylic oxidation sites excluding steroid dienone is 1. The second-order valence-electron chi connectivity index (χ2n) is 4.75. The van der Waals surface area contributed by atoms with Gasteiger partial charge in [-0.25, -0.2) is 4.79 Å². The van der Waals surface area contributed by atoms with Crippen molar-refractivity contribution in [3.63, 3.8) is 0 Å². The molecule has 1 aliphatic rings. The first-order valence-corrected chi connectivity index (χ1v) is 6.05. The van der Waals surface area contributed by atoms with Crippen LogP contribution in [0.5, 0.6) is 0 Å². The Kier molecular flexibility index (Phi) is 3.64. The van der Waals surface area contributed by atoms with Crippen molar-refractivity contribution in [2.75, 3.05) is 13.1 Å². The minimum Gasteiger partial charge on any atom is -0.311 e. The van der Waals surface area contributed by atoms with E-state index in [2.05, 4.69) is 10.2 Å². The van der Waals surface area contributed by atoms with E-state index in [0.717, 1.165) is 5.57 Å². The molecule has 0 radical (unpaired) electrons. The molecule has 102 valence electrons. The monoisotopic (exact) mass is 263 g/mol. The SMILES string of the molecule is CC(C)=CCN1CC(=O)N(Cc2cnn(C)n2)C1=O. The van der Waals surface area contributed by atoms with Gasteiger partial charge >= 0.3 is 6.03 Å². The predicted octanol–water partition coefficient (Wildman–Crippen LogP) is 0.545. The molecule has 0 aliphatic carbocycles. The van der Waals surface area contributed by atoms with Gasteiger partial charge in [-0.15, -0.1) is 0 Å². The zero-order chi connectivity index (χ0) is 14.0. The maximum absolute atomic E-state index is 12.1. The third-order valence-corrected chi connectivity index (χ3v) is 2.82. The van der Waals surface area contributed by atoms with Crippen LogP contribution >= 0.6 is 0 Å². The molecular formula is C12H17N5O2. The molecule has 19 heavy (non-hydrogen) atoms. The summed E-state index contributed by atoms with van der Waals surface area (Å²) in [5.74, 6) is -0.196. The van der Waals surface area contributed by atoms with Gasteiger partial charge in [-0.3, -0.25) is 9.69 Å². The van der Waals surface area contributed by atoms with E-state index in [1.165, 1.54) is 14.6 Å². The minimum atomic E-state index is -0.270. The molecule has 0 bridgehead atoms. The highest BCUT2D eigenvalue weighted by Gasteiger charge is 2.35. The highest BCUT2D eigenvalue weighted by molar-refractivity contribution is 6.01. The second-order valence-corrected chi connectivity index (χ2v) is 4.75. The van der Waals surface area contributed by atoms with Crippen molar-refractivity contribution in [3.05, 3.63) is 23.5 Å². The molecule has 3 amide bonds. The van der Waals surface area contributed by atoms with Crippen LogP contribution < -0.4 is 0 Å². The molecule has 7 nitrogen and oxygen atoms in total. The van der Waals surface area contributed by atoms with Crippen molar-refractivity contribution in [2.45, 2.75) is 20.4 Å². The molecule has 1 fully saturated rings. The van der Waals surface area contributed by atoms with E-state index in [9.17, 15) is 9.59 Å². The largest absolute Gasteiger partial charge is 0.327 e. The van der Waals surface area contributed by atoms with Gasteiger partial charge in [0.2, 0.25) is 0 Å². The van der Waals surface area contributed by atoms with Crippen molar-refractivity contribution >= 4 is 11.9 Å². The van der Waals surface area contributed by atoms with E-state index >= 15 is 0 Å². The van der Waals surface area contributed by atoms with Crippen LogP contribution in [0.4, 0.5) is 4.79 Å². The average Bonchev–Trinajstić information content (AvgIpc) is 2.85. The van der Waals surface area contributed by atoms with Crippen molar-refractivity contribution in [2.24, 2.45) is 7.05 Å². The van der Waals surface area contributed by atoms with Crippen LogP contribution in [0.2, 0.25) is 0 Å². The summed E-state index contributed by atoms with van der Waals surface area (Å²) < 4.78 is 0. The number of hydrogen-bond donors (Lipinski definition) is 0. The van der Waals surface area contributed by atoms with Crippen molar-refractivity contribution in [1.82, 2.24) is 24.8 Å². The summed E-state index contributed by atoms with van der Waals surface area (Å²) >= 11 is 0. The lowest BCUT2D eigenvalue weighted by atomic mass is 10.3. The summed E-state index contributed by atoms with van der Waals surface area (Å²) in [6.45, 7) is 4.68. The number of urea groups is 1. The maximum Gasteiger partial charge on any atom is 0.327 e. The first-order valence-electron chi connectivity index (χ1n) is 6.05. The molecule has 1 saturated heterocycles. The van der Waals surface area contributed by atoms with Gasteiger partial charge in [0.25, 0.3) is 5.91 Å². The van der Waals surface area contributed by atoms with Gasteiger partial charge in [-0.2, -0.15) is 15.0 Å². The molecule has 0 unspecified atom stereocenters. The third kappa shape index (κ3) is 2.98. The van der Waals surface area contributed by atoms with E-state index in [1.807, 2.05) is 19.9 Å². The van der Waals surface area contributed by atoms with Gasteiger partial charge in [0.05, 0.1) is 12.7 Å². The smallest absolute Gasteiger partial charge is 0.311 e. The topological polar surface area (TPSA) is 71.3 Å². The summed E-state index contributed by atoms with van der Waals surface area (Å²) in [6.07, 6.45) is 3.48. The fourth-order valence-corrected chi connectivity index (χ4v) is 1.81. The van der Waals surface area contributed by atoms with Crippen LogP contribution in [0.15, 0.2) is 17.8 Å². The van der Waals surface area contributed by atoms with E-state index in [0.29, 0.717) is 12.2 Å². The first kappa shape index (κ1) is 13.3. The van der Waals surface area contributed by atoms with Crippen molar-refractivity contribution < 1.29 is 9.59 Å². The van der Waals surface area contributed by atoms with E-state index in [1.54, 1.807) is 13.2 Å². The predicted molar refractivity (Wildman–Crippen MR) is 68.0 cm³/mol. The Morgan fingerprint density at radius 2 is 2.16 bits per heavy atom. The van der Waals surface area contributed by atoms with Crippen LogP contribution in [0.25, 0.3) is 0 Å². The summed E-state index contributed by atoms with van der Waals surface area (Å²) in [5.41, 5.74) is 1.72. The molecule has 7 heteroatoms. The van der Waals surface area contributed by atoms with Crippen molar-refractivity contribution in [3.8, 4) is 0 Å². The van der Waals surface area contributed by atoms with Crippen LogP contribution in [-0.2, 0) is 18.4 Å².